The Bertz CT molecular complexity index is 2860. The molecule has 0 amide bonds. The van der Waals surface area contributed by atoms with E-state index in [2.05, 4.69) is 91.0 Å². The lowest BCUT2D eigenvalue weighted by Crippen LogP contribution is -2.01. The molecule has 0 bridgehead atoms. The third kappa shape index (κ3) is 4.22. The minimum atomic E-state index is 0.576. The van der Waals surface area contributed by atoms with Gasteiger partial charge in [-0.25, -0.2) is 15.0 Å². The van der Waals surface area contributed by atoms with Crippen LogP contribution in [0.3, 0.4) is 0 Å². The van der Waals surface area contributed by atoms with E-state index in [1.807, 2.05) is 60.7 Å². The van der Waals surface area contributed by atoms with Crippen LogP contribution in [0.2, 0.25) is 0 Å². The van der Waals surface area contributed by atoms with E-state index in [9.17, 15) is 0 Å². The SMILES string of the molecule is c1ccc(-c2cccc3oc4ccccc4c23)c(-c2nc(-c3ccc4ccccc4c3)nc(-c3ccc4c(c3)oc3ccccc34)n2)c1. The summed E-state index contributed by atoms with van der Waals surface area (Å²) in [5, 5.41) is 6.58. The minimum Gasteiger partial charge on any atom is -0.456 e. The second-order valence-electron chi connectivity index (χ2n) is 12.0. The standard InChI is InChI=1S/C43H25N3O2/c1-2-11-27-24-28(21-20-26(27)10-1)41-44-42(29-22-23-32-31-13-5-7-17-36(31)48-39(32)25-29)46-43(45-41)34-14-4-3-12-30(34)33-16-9-19-38-40(33)35-15-6-8-18-37(35)47-38/h1-25H. The number of nitrogens with zero attached hydrogens (tertiary/aromatic N) is 3. The van der Waals surface area contributed by atoms with Gasteiger partial charge in [-0.05, 0) is 58.3 Å². The molecule has 0 aliphatic rings. The average molecular weight is 616 g/mol. The summed E-state index contributed by atoms with van der Waals surface area (Å²) in [7, 11) is 0. The summed E-state index contributed by atoms with van der Waals surface area (Å²) in [4.78, 5) is 15.4. The van der Waals surface area contributed by atoms with Crippen molar-refractivity contribution in [3.8, 4) is 45.3 Å². The van der Waals surface area contributed by atoms with Gasteiger partial charge in [-0.3, -0.25) is 0 Å². The van der Waals surface area contributed by atoms with Crippen LogP contribution in [0.4, 0.5) is 0 Å². The highest BCUT2D eigenvalue weighted by Gasteiger charge is 2.19. The van der Waals surface area contributed by atoms with Crippen LogP contribution in [0.25, 0.3) is 99.9 Å². The number of hydrogen-bond acceptors (Lipinski definition) is 5. The van der Waals surface area contributed by atoms with E-state index in [0.29, 0.717) is 17.5 Å². The topological polar surface area (TPSA) is 65.0 Å². The van der Waals surface area contributed by atoms with Gasteiger partial charge in [-0.1, -0.05) is 115 Å². The van der Waals surface area contributed by atoms with E-state index in [4.69, 9.17) is 23.8 Å². The van der Waals surface area contributed by atoms with Gasteiger partial charge >= 0.3 is 0 Å². The maximum atomic E-state index is 6.26. The van der Waals surface area contributed by atoms with E-state index < -0.39 is 0 Å². The van der Waals surface area contributed by atoms with E-state index in [1.54, 1.807) is 0 Å². The fourth-order valence-corrected chi connectivity index (χ4v) is 6.86. The van der Waals surface area contributed by atoms with Crippen molar-refractivity contribution in [2.24, 2.45) is 0 Å². The van der Waals surface area contributed by atoms with Gasteiger partial charge in [-0.2, -0.15) is 0 Å². The Morgan fingerprint density at radius 3 is 1.75 bits per heavy atom. The zero-order valence-electron chi connectivity index (χ0n) is 25.6. The van der Waals surface area contributed by atoms with Crippen molar-refractivity contribution in [3.63, 3.8) is 0 Å². The Hall–Kier alpha value is -6.59. The third-order valence-electron chi connectivity index (χ3n) is 9.14. The summed E-state index contributed by atoms with van der Waals surface area (Å²) in [6.07, 6.45) is 0. The highest BCUT2D eigenvalue weighted by molar-refractivity contribution is 6.13. The van der Waals surface area contributed by atoms with E-state index in [0.717, 1.165) is 82.5 Å². The van der Waals surface area contributed by atoms with Gasteiger partial charge in [0.05, 0.1) is 0 Å². The first-order valence-corrected chi connectivity index (χ1v) is 15.9. The van der Waals surface area contributed by atoms with Gasteiger partial charge in [0.25, 0.3) is 0 Å². The molecule has 0 unspecified atom stereocenters. The Balaban J connectivity index is 1.21. The third-order valence-corrected chi connectivity index (χ3v) is 9.14. The van der Waals surface area contributed by atoms with Gasteiger partial charge in [-0.15, -0.1) is 0 Å². The Labute approximate surface area is 274 Å². The molecular formula is C43H25N3O2. The van der Waals surface area contributed by atoms with Gasteiger partial charge in [0.1, 0.15) is 22.3 Å². The van der Waals surface area contributed by atoms with Crippen LogP contribution >= 0.6 is 0 Å². The molecule has 3 aromatic heterocycles. The molecule has 224 valence electrons. The number of para-hydroxylation sites is 2. The molecule has 0 atom stereocenters. The van der Waals surface area contributed by atoms with Crippen LogP contribution in [0, 0.1) is 0 Å². The molecule has 0 saturated carbocycles. The zero-order valence-corrected chi connectivity index (χ0v) is 25.6. The van der Waals surface area contributed by atoms with Crippen LogP contribution in [-0.2, 0) is 0 Å². The normalized spacial score (nSPS) is 11.8. The first-order valence-electron chi connectivity index (χ1n) is 15.9. The van der Waals surface area contributed by atoms with Crippen LogP contribution in [0.1, 0.15) is 0 Å². The summed E-state index contributed by atoms with van der Waals surface area (Å²) in [5.74, 6) is 1.77. The first kappa shape index (κ1) is 26.6. The summed E-state index contributed by atoms with van der Waals surface area (Å²) >= 11 is 0. The Morgan fingerprint density at radius 1 is 0.333 bits per heavy atom. The van der Waals surface area contributed by atoms with Crippen LogP contribution in [0.5, 0.6) is 0 Å². The van der Waals surface area contributed by atoms with Crippen LogP contribution in [-0.4, -0.2) is 15.0 Å². The maximum absolute atomic E-state index is 6.26. The lowest BCUT2D eigenvalue weighted by Gasteiger charge is -2.13. The van der Waals surface area contributed by atoms with Crippen molar-refractivity contribution in [2.45, 2.75) is 0 Å². The number of fused-ring (bicyclic) bond motifs is 7. The molecule has 10 rings (SSSR count). The van der Waals surface area contributed by atoms with E-state index in [1.165, 1.54) is 0 Å². The van der Waals surface area contributed by atoms with Gasteiger partial charge < -0.3 is 8.83 Å². The lowest BCUT2D eigenvalue weighted by atomic mass is 9.95. The largest absolute Gasteiger partial charge is 0.456 e. The van der Waals surface area contributed by atoms with Crippen molar-refractivity contribution in [2.75, 3.05) is 0 Å². The molecule has 0 fully saturated rings. The number of furan rings is 2. The molecule has 0 radical (unpaired) electrons. The predicted octanol–water partition coefficient (Wildman–Crippen LogP) is 11.5. The van der Waals surface area contributed by atoms with Crippen molar-refractivity contribution in [1.82, 2.24) is 15.0 Å². The molecule has 0 N–H and O–H groups in total. The lowest BCUT2D eigenvalue weighted by molar-refractivity contribution is 0.668. The number of rotatable bonds is 4. The van der Waals surface area contributed by atoms with Crippen LogP contribution in [0.15, 0.2) is 160 Å². The van der Waals surface area contributed by atoms with E-state index in [-0.39, 0.29) is 0 Å². The number of hydrogen-bond donors (Lipinski definition) is 0. The zero-order chi connectivity index (χ0) is 31.6. The molecule has 5 nitrogen and oxygen atoms in total. The smallest absolute Gasteiger partial charge is 0.164 e. The molecule has 0 saturated heterocycles. The molecule has 48 heavy (non-hydrogen) atoms. The Kier molecular flexibility index (Phi) is 5.81. The number of aromatic nitrogens is 3. The molecule has 3 heterocycles. The molecule has 0 spiro atoms. The second kappa shape index (κ2) is 10.5. The highest BCUT2D eigenvalue weighted by Crippen LogP contribution is 2.40. The van der Waals surface area contributed by atoms with Crippen molar-refractivity contribution >= 4 is 54.6 Å². The summed E-state index contributed by atoms with van der Waals surface area (Å²) in [5.41, 5.74) is 8.11. The first-order chi connectivity index (χ1) is 23.8. The maximum Gasteiger partial charge on any atom is 0.164 e. The summed E-state index contributed by atoms with van der Waals surface area (Å²) in [6.45, 7) is 0. The van der Waals surface area contributed by atoms with E-state index >= 15 is 0 Å². The van der Waals surface area contributed by atoms with Crippen molar-refractivity contribution in [1.29, 1.82) is 0 Å². The Morgan fingerprint density at radius 2 is 0.896 bits per heavy atom. The average Bonchev–Trinajstić information content (AvgIpc) is 3.72. The minimum absolute atomic E-state index is 0.576. The monoisotopic (exact) mass is 615 g/mol. The molecule has 0 aliphatic heterocycles. The summed E-state index contributed by atoms with van der Waals surface area (Å²) < 4.78 is 12.5. The molecule has 7 aromatic carbocycles. The van der Waals surface area contributed by atoms with Gasteiger partial charge in [0, 0.05) is 38.2 Å². The fourth-order valence-electron chi connectivity index (χ4n) is 6.86. The summed E-state index contributed by atoms with van der Waals surface area (Å²) in [6, 6.07) is 51.6. The van der Waals surface area contributed by atoms with Gasteiger partial charge in [0.2, 0.25) is 0 Å². The van der Waals surface area contributed by atoms with Gasteiger partial charge in [0.15, 0.2) is 17.5 Å². The quantitative estimate of drug-likeness (QED) is 0.197. The van der Waals surface area contributed by atoms with Crippen molar-refractivity contribution < 1.29 is 8.83 Å². The molecule has 0 aliphatic carbocycles. The molecule has 5 heteroatoms. The number of benzene rings is 7. The highest BCUT2D eigenvalue weighted by atomic mass is 16.3. The fraction of sp³-hybridized carbons (Fsp3) is 0. The molecule has 10 aromatic rings. The molecular weight excluding hydrogens is 590 g/mol. The van der Waals surface area contributed by atoms with Crippen LogP contribution < -0.4 is 0 Å². The second-order valence-corrected chi connectivity index (χ2v) is 12.0. The van der Waals surface area contributed by atoms with Crippen molar-refractivity contribution in [3.05, 3.63) is 152 Å². The predicted molar refractivity (Wildman–Crippen MR) is 194 cm³/mol.